The Hall–Kier alpha value is -1.21. The second kappa shape index (κ2) is 6.05. The van der Waals surface area contributed by atoms with Crippen LogP contribution in [0.25, 0.3) is 0 Å². The van der Waals surface area contributed by atoms with Crippen molar-refractivity contribution in [1.82, 2.24) is 15.3 Å². The van der Waals surface area contributed by atoms with Gasteiger partial charge in [-0.15, -0.1) is 0 Å². The first-order valence-corrected chi connectivity index (χ1v) is 7.33. The van der Waals surface area contributed by atoms with E-state index in [1.807, 2.05) is 25.7 Å². The van der Waals surface area contributed by atoms with E-state index in [9.17, 15) is 4.79 Å². The first-order valence-electron chi connectivity index (χ1n) is 6.54. The van der Waals surface area contributed by atoms with Gasteiger partial charge in [-0.05, 0) is 36.7 Å². The van der Waals surface area contributed by atoms with Crippen LogP contribution in [-0.4, -0.2) is 47.2 Å². The second-order valence-corrected chi connectivity index (χ2v) is 6.60. The molecule has 0 radical (unpaired) electrons. The molecule has 0 bridgehead atoms. The Morgan fingerprint density at radius 2 is 2.10 bits per heavy atom. The largest absolute Gasteiger partial charge is 0.459 e. The Kier molecular flexibility index (Phi) is 4.59. The molecule has 1 aromatic heterocycles. The molecule has 1 atom stereocenters. The molecule has 0 amide bonds. The van der Waals surface area contributed by atoms with E-state index in [0.29, 0.717) is 19.0 Å². The fourth-order valence-corrected chi connectivity index (χ4v) is 2.14. The van der Waals surface area contributed by atoms with Gasteiger partial charge in [0.1, 0.15) is 11.6 Å². The molecule has 1 fully saturated rings. The van der Waals surface area contributed by atoms with Crippen molar-refractivity contribution in [3.05, 3.63) is 16.9 Å². The van der Waals surface area contributed by atoms with Crippen LogP contribution in [0.3, 0.4) is 0 Å². The fraction of sp³-hybridized carbons (Fsp3) is 0.615. The Morgan fingerprint density at radius 3 is 2.70 bits per heavy atom. The van der Waals surface area contributed by atoms with Crippen LogP contribution >= 0.6 is 15.9 Å². The van der Waals surface area contributed by atoms with E-state index in [2.05, 4.69) is 31.2 Å². The Balaban J connectivity index is 2.01. The van der Waals surface area contributed by atoms with Crippen molar-refractivity contribution in [3.63, 3.8) is 0 Å². The van der Waals surface area contributed by atoms with Gasteiger partial charge in [-0.3, -0.25) is 4.79 Å². The zero-order valence-electron chi connectivity index (χ0n) is 11.9. The summed E-state index contributed by atoms with van der Waals surface area (Å²) in [5.41, 5.74) is -0.477. The first kappa shape index (κ1) is 15.2. The van der Waals surface area contributed by atoms with Gasteiger partial charge in [0, 0.05) is 32.0 Å². The molecule has 0 aromatic carbocycles. The minimum atomic E-state index is -0.477. The third kappa shape index (κ3) is 4.14. The number of esters is 1. The lowest BCUT2D eigenvalue weighted by molar-refractivity contribution is -0.157. The molecule has 1 aromatic rings. The van der Waals surface area contributed by atoms with Crippen molar-refractivity contribution in [2.75, 3.05) is 24.5 Å². The molecule has 0 aliphatic carbocycles. The van der Waals surface area contributed by atoms with Gasteiger partial charge >= 0.3 is 5.97 Å². The summed E-state index contributed by atoms with van der Waals surface area (Å²) in [5.74, 6) is 0.391. The highest BCUT2D eigenvalue weighted by Gasteiger charge is 2.30. The Labute approximate surface area is 127 Å². The van der Waals surface area contributed by atoms with Crippen LogP contribution in [-0.2, 0) is 9.53 Å². The summed E-state index contributed by atoms with van der Waals surface area (Å²) in [5, 5.41) is 3.17. The monoisotopic (exact) mass is 342 g/mol. The summed E-state index contributed by atoms with van der Waals surface area (Å²) in [7, 11) is 0. The van der Waals surface area contributed by atoms with Gasteiger partial charge in [0.2, 0.25) is 5.95 Å². The van der Waals surface area contributed by atoms with Crippen molar-refractivity contribution >= 4 is 27.8 Å². The molecule has 20 heavy (non-hydrogen) atoms. The third-order valence-electron chi connectivity index (χ3n) is 2.76. The molecular formula is C13H19BrN4O2. The molecule has 0 spiro atoms. The van der Waals surface area contributed by atoms with Crippen molar-refractivity contribution in [1.29, 1.82) is 0 Å². The average molecular weight is 343 g/mol. The number of hydrogen-bond acceptors (Lipinski definition) is 6. The molecule has 1 aliphatic rings. The molecule has 1 aliphatic heterocycles. The van der Waals surface area contributed by atoms with E-state index in [1.165, 1.54) is 0 Å². The maximum absolute atomic E-state index is 12.1. The predicted molar refractivity (Wildman–Crippen MR) is 79.6 cm³/mol. The summed E-state index contributed by atoms with van der Waals surface area (Å²) in [6.45, 7) is 7.57. The van der Waals surface area contributed by atoms with E-state index in [-0.39, 0.29) is 12.0 Å². The molecule has 110 valence electrons. The molecule has 1 unspecified atom stereocenters. The second-order valence-electron chi connectivity index (χ2n) is 5.69. The van der Waals surface area contributed by atoms with Crippen molar-refractivity contribution in [2.24, 2.45) is 0 Å². The van der Waals surface area contributed by atoms with Crippen LogP contribution in [0.5, 0.6) is 0 Å². The number of nitrogens with zero attached hydrogens (tertiary/aromatic N) is 3. The number of nitrogens with one attached hydrogen (secondary N) is 1. The smallest absolute Gasteiger partial charge is 0.325 e. The number of halogens is 1. The number of carbonyl (C=O) groups excluding carboxylic acids is 1. The van der Waals surface area contributed by atoms with Crippen molar-refractivity contribution < 1.29 is 9.53 Å². The molecule has 2 rings (SSSR count). The summed E-state index contributed by atoms with van der Waals surface area (Å²) >= 11 is 3.31. The Bertz CT molecular complexity index is 472. The number of aromatic nitrogens is 2. The zero-order valence-corrected chi connectivity index (χ0v) is 13.5. The topological polar surface area (TPSA) is 67.3 Å². The highest BCUT2D eigenvalue weighted by atomic mass is 79.9. The summed E-state index contributed by atoms with van der Waals surface area (Å²) < 4.78 is 6.24. The highest BCUT2D eigenvalue weighted by Crippen LogP contribution is 2.15. The number of carbonyl (C=O) groups is 1. The fourth-order valence-electron chi connectivity index (χ4n) is 1.93. The van der Waals surface area contributed by atoms with Gasteiger partial charge in [-0.1, -0.05) is 0 Å². The molecule has 1 saturated heterocycles. The molecular weight excluding hydrogens is 324 g/mol. The predicted octanol–water partition coefficient (Wildman–Crippen LogP) is 1.36. The molecule has 1 N–H and O–H groups in total. The quantitative estimate of drug-likeness (QED) is 0.818. The van der Waals surface area contributed by atoms with Crippen molar-refractivity contribution in [2.45, 2.75) is 32.4 Å². The lowest BCUT2D eigenvalue weighted by atomic mass is 10.1. The molecule has 7 heteroatoms. The summed E-state index contributed by atoms with van der Waals surface area (Å²) in [6.07, 6.45) is 3.40. The van der Waals surface area contributed by atoms with Crippen LogP contribution in [0, 0.1) is 0 Å². The SMILES string of the molecule is CC(C)(C)OC(=O)C1CN(c2ncc(Br)cn2)CCN1. The van der Waals surface area contributed by atoms with E-state index in [1.54, 1.807) is 12.4 Å². The van der Waals surface area contributed by atoms with E-state index in [0.717, 1.165) is 11.0 Å². The van der Waals surface area contributed by atoms with Gasteiger partial charge in [0.05, 0.1) is 4.47 Å². The lowest BCUT2D eigenvalue weighted by Crippen LogP contribution is -2.56. The standard InChI is InChI=1S/C13H19BrN4O2/c1-13(2,3)20-11(19)10-8-18(5-4-15-10)12-16-6-9(14)7-17-12/h6-7,10,15H,4-5,8H2,1-3H3. The van der Waals surface area contributed by atoms with Crippen LogP contribution in [0.2, 0.25) is 0 Å². The number of hydrogen-bond donors (Lipinski definition) is 1. The van der Waals surface area contributed by atoms with Gasteiger partial charge in [0.15, 0.2) is 0 Å². The van der Waals surface area contributed by atoms with E-state index >= 15 is 0 Å². The first-order chi connectivity index (χ1) is 9.35. The Morgan fingerprint density at radius 1 is 1.45 bits per heavy atom. The average Bonchev–Trinajstić information content (AvgIpc) is 2.38. The van der Waals surface area contributed by atoms with E-state index < -0.39 is 5.60 Å². The minimum Gasteiger partial charge on any atom is -0.459 e. The lowest BCUT2D eigenvalue weighted by Gasteiger charge is -2.33. The van der Waals surface area contributed by atoms with Gasteiger partial charge in [0.25, 0.3) is 0 Å². The zero-order chi connectivity index (χ0) is 14.8. The van der Waals surface area contributed by atoms with E-state index in [4.69, 9.17) is 4.74 Å². The normalized spacial score (nSPS) is 19.8. The van der Waals surface area contributed by atoms with Crippen LogP contribution in [0.15, 0.2) is 16.9 Å². The third-order valence-corrected chi connectivity index (χ3v) is 3.17. The van der Waals surface area contributed by atoms with Gasteiger partial charge in [-0.25, -0.2) is 9.97 Å². The maximum atomic E-state index is 12.1. The van der Waals surface area contributed by atoms with Gasteiger partial charge < -0.3 is 15.0 Å². The number of piperazine rings is 1. The molecule has 6 nitrogen and oxygen atoms in total. The summed E-state index contributed by atoms with van der Waals surface area (Å²) in [6, 6.07) is -0.352. The molecule has 0 saturated carbocycles. The van der Waals surface area contributed by atoms with Gasteiger partial charge in [-0.2, -0.15) is 0 Å². The number of rotatable bonds is 2. The van der Waals surface area contributed by atoms with Crippen LogP contribution in [0.1, 0.15) is 20.8 Å². The summed E-state index contributed by atoms with van der Waals surface area (Å²) in [4.78, 5) is 22.6. The van der Waals surface area contributed by atoms with Crippen molar-refractivity contribution in [3.8, 4) is 0 Å². The number of anilines is 1. The highest BCUT2D eigenvalue weighted by molar-refractivity contribution is 9.10. The van der Waals surface area contributed by atoms with Crippen LogP contribution in [0.4, 0.5) is 5.95 Å². The molecule has 2 heterocycles. The number of ether oxygens (including phenoxy) is 1. The van der Waals surface area contributed by atoms with Crippen LogP contribution < -0.4 is 10.2 Å². The minimum absolute atomic E-state index is 0.237. The maximum Gasteiger partial charge on any atom is 0.325 e.